The van der Waals surface area contributed by atoms with Gasteiger partial charge in [0.1, 0.15) is 0 Å². The molecular formula is C10H11N5. The van der Waals surface area contributed by atoms with Crippen molar-refractivity contribution >= 4 is 5.95 Å². The fourth-order valence-corrected chi connectivity index (χ4v) is 2.05. The molecule has 0 bridgehead atoms. The fraction of sp³-hybridized carbons (Fsp3) is 0.300. The summed E-state index contributed by atoms with van der Waals surface area (Å²) in [5.41, 5.74) is 10.0. The number of nitrogens with two attached hydrogens (primary N) is 1. The second-order valence-corrected chi connectivity index (χ2v) is 3.74. The van der Waals surface area contributed by atoms with Gasteiger partial charge in [-0.05, 0) is 24.0 Å². The molecule has 0 radical (unpaired) electrons. The first-order chi connectivity index (χ1) is 7.25. The van der Waals surface area contributed by atoms with Gasteiger partial charge in [-0.3, -0.25) is 4.68 Å². The Hall–Kier alpha value is -1.91. The standard InChI is InChI=1S/C10H11N5/c1-15-9-7(5-13-15)3-2-6-4-12-10(11)14-8(6)9/h4-5H,2-3H2,1H3,(H2,11,12,14). The second-order valence-electron chi connectivity index (χ2n) is 3.74. The average molecular weight is 201 g/mol. The SMILES string of the molecule is Cn1ncc2c1-c1nc(N)ncc1CC2. The summed E-state index contributed by atoms with van der Waals surface area (Å²) >= 11 is 0. The molecule has 0 amide bonds. The van der Waals surface area contributed by atoms with Crippen LogP contribution in [0.25, 0.3) is 11.4 Å². The van der Waals surface area contributed by atoms with Gasteiger partial charge in [0.15, 0.2) is 0 Å². The number of nitrogens with zero attached hydrogens (tertiary/aromatic N) is 4. The molecule has 3 rings (SSSR count). The molecule has 1 aliphatic rings. The van der Waals surface area contributed by atoms with E-state index in [-0.39, 0.29) is 0 Å². The van der Waals surface area contributed by atoms with Crippen LogP contribution in [0.5, 0.6) is 0 Å². The summed E-state index contributed by atoms with van der Waals surface area (Å²) in [6.07, 6.45) is 5.68. The lowest BCUT2D eigenvalue weighted by Gasteiger charge is -2.15. The zero-order chi connectivity index (χ0) is 10.4. The van der Waals surface area contributed by atoms with Crippen molar-refractivity contribution in [2.45, 2.75) is 12.8 Å². The van der Waals surface area contributed by atoms with E-state index in [0.717, 1.165) is 29.8 Å². The molecule has 5 heteroatoms. The zero-order valence-electron chi connectivity index (χ0n) is 8.44. The molecule has 0 saturated heterocycles. The number of fused-ring (bicyclic) bond motifs is 3. The average Bonchev–Trinajstić information content (AvgIpc) is 2.60. The van der Waals surface area contributed by atoms with Gasteiger partial charge in [0.25, 0.3) is 0 Å². The molecule has 2 aromatic heterocycles. The maximum absolute atomic E-state index is 5.61. The maximum atomic E-state index is 5.61. The lowest BCUT2D eigenvalue weighted by atomic mass is 9.95. The molecule has 0 fully saturated rings. The Morgan fingerprint density at radius 2 is 2.07 bits per heavy atom. The van der Waals surface area contributed by atoms with Crippen LogP contribution in [0.4, 0.5) is 5.95 Å². The van der Waals surface area contributed by atoms with E-state index in [1.54, 1.807) is 0 Å². The van der Waals surface area contributed by atoms with E-state index in [2.05, 4.69) is 15.1 Å². The number of rotatable bonds is 0. The second kappa shape index (κ2) is 2.79. The Balaban J connectivity index is 2.31. The van der Waals surface area contributed by atoms with Gasteiger partial charge in [0.2, 0.25) is 5.95 Å². The van der Waals surface area contributed by atoms with Crippen molar-refractivity contribution < 1.29 is 0 Å². The highest BCUT2D eigenvalue weighted by molar-refractivity contribution is 5.66. The zero-order valence-corrected chi connectivity index (χ0v) is 8.44. The van der Waals surface area contributed by atoms with Crippen molar-refractivity contribution in [1.82, 2.24) is 19.7 Å². The highest BCUT2D eigenvalue weighted by Crippen LogP contribution is 2.30. The third-order valence-corrected chi connectivity index (χ3v) is 2.79. The summed E-state index contributed by atoms with van der Waals surface area (Å²) in [6, 6.07) is 0. The predicted octanol–water partition coefficient (Wildman–Crippen LogP) is 0.558. The van der Waals surface area contributed by atoms with Crippen LogP contribution in [-0.2, 0) is 19.9 Å². The van der Waals surface area contributed by atoms with Gasteiger partial charge < -0.3 is 5.73 Å². The quantitative estimate of drug-likeness (QED) is 0.676. The number of hydrogen-bond donors (Lipinski definition) is 1. The minimum absolute atomic E-state index is 0.322. The molecule has 2 N–H and O–H groups in total. The van der Waals surface area contributed by atoms with Gasteiger partial charge in [-0.15, -0.1) is 0 Å². The molecule has 15 heavy (non-hydrogen) atoms. The third-order valence-electron chi connectivity index (χ3n) is 2.79. The summed E-state index contributed by atoms with van der Waals surface area (Å²) in [5.74, 6) is 0.322. The van der Waals surface area contributed by atoms with E-state index in [1.165, 1.54) is 5.56 Å². The summed E-state index contributed by atoms with van der Waals surface area (Å²) in [5, 5.41) is 4.24. The molecule has 76 valence electrons. The van der Waals surface area contributed by atoms with Crippen LogP contribution in [-0.4, -0.2) is 19.7 Å². The molecule has 0 atom stereocenters. The van der Waals surface area contributed by atoms with Crippen molar-refractivity contribution in [3.63, 3.8) is 0 Å². The normalized spacial score (nSPS) is 13.4. The van der Waals surface area contributed by atoms with Gasteiger partial charge in [0, 0.05) is 13.2 Å². The van der Waals surface area contributed by atoms with Crippen LogP contribution < -0.4 is 5.73 Å². The molecule has 0 unspecified atom stereocenters. The van der Waals surface area contributed by atoms with Gasteiger partial charge >= 0.3 is 0 Å². The highest BCUT2D eigenvalue weighted by Gasteiger charge is 2.21. The van der Waals surface area contributed by atoms with Crippen LogP contribution in [0.2, 0.25) is 0 Å². The van der Waals surface area contributed by atoms with Gasteiger partial charge in [-0.1, -0.05) is 0 Å². The van der Waals surface area contributed by atoms with E-state index >= 15 is 0 Å². The largest absolute Gasteiger partial charge is 0.368 e. The van der Waals surface area contributed by atoms with Crippen LogP contribution in [0, 0.1) is 0 Å². The number of aromatic nitrogens is 4. The van der Waals surface area contributed by atoms with E-state index in [1.807, 2.05) is 24.1 Å². The maximum Gasteiger partial charge on any atom is 0.220 e. The van der Waals surface area contributed by atoms with Crippen LogP contribution >= 0.6 is 0 Å². The van der Waals surface area contributed by atoms with Crippen molar-refractivity contribution in [3.05, 3.63) is 23.5 Å². The molecule has 2 heterocycles. The first kappa shape index (κ1) is 8.40. The molecule has 1 aliphatic carbocycles. The van der Waals surface area contributed by atoms with Crippen molar-refractivity contribution in [2.75, 3.05) is 5.73 Å². The summed E-state index contributed by atoms with van der Waals surface area (Å²) in [7, 11) is 1.92. The lowest BCUT2D eigenvalue weighted by molar-refractivity contribution is 0.766. The van der Waals surface area contributed by atoms with Crippen LogP contribution in [0.15, 0.2) is 12.4 Å². The Morgan fingerprint density at radius 1 is 1.27 bits per heavy atom. The first-order valence-corrected chi connectivity index (χ1v) is 4.88. The topological polar surface area (TPSA) is 69.6 Å². The monoisotopic (exact) mass is 201 g/mol. The van der Waals surface area contributed by atoms with Gasteiger partial charge in [-0.2, -0.15) is 5.10 Å². The molecule has 0 aromatic carbocycles. The molecule has 0 saturated carbocycles. The van der Waals surface area contributed by atoms with E-state index in [9.17, 15) is 0 Å². The highest BCUT2D eigenvalue weighted by atomic mass is 15.3. The fourth-order valence-electron chi connectivity index (χ4n) is 2.05. The minimum atomic E-state index is 0.322. The lowest BCUT2D eigenvalue weighted by Crippen LogP contribution is -2.10. The van der Waals surface area contributed by atoms with Crippen LogP contribution in [0.1, 0.15) is 11.1 Å². The Bertz CT molecular complexity index is 529. The van der Waals surface area contributed by atoms with E-state index < -0.39 is 0 Å². The van der Waals surface area contributed by atoms with E-state index in [0.29, 0.717) is 5.95 Å². The van der Waals surface area contributed by atoms with Crippen molar-refractivity contribution in [3.8, 4) is 11.4 Å². The predicted molar refractivity (Wildman–Crippen MR) is 56.1 cm³/mol. The summed E-state index contributed by atoms with van der Waals surface area (Å²) in [4.78, 5) is 8.31. The number of anilines is 1. The molecular weight excluding hydrogens is 190 g/mol. The van der Waals surface area contributed by atoms with Crippen molar-refractivity contribution in [2.24, 2.45) is 7.05 Å². The molecule has 0 spiro atoms. The molecule has 5 nitrogen and oxygen atoms in total. The third kappa shape index (κ3) is 1.12. The Morgan fingerprint density at radius 3 is 2.93 bits per heavy atom. The Labute approximate surface area is 87.0 Å². The van der Waals surface area contributed by atoms with E-state index in [4.69, 9.17) is 5.73 Å². The Kier molecular flexibility index (Phi) is 1.56. The number of nitrogen functional groups attached to an aromatic ring is 1. The van der Waals surface area contributed by atoms with Crippen molar-refractivity contribution in [1.29, 1.82) is 0 Å². The number of aryl methyl sites for hydroxylation is 3. The smallest absolute Gasteiger partial charge is 0.220 e. The number of hydrogen-bond acceptors (Lipinski definition) is 4. The summed E-state index contributed by atoms with van der Waals surface area (Å²) in [6.45, 7) is 0. The minimum Gasteiger partial charge on any atom is -0.368 e. The van der Waals surface area contributed by atoms with Gasteiger partial charge in [-0.25, -0.2) is 9.97 Å². The molecule has 0 aliphatic heterocycles. The molecule has 2 aromatic rings. The summed E-state index contributed by atoms with van der Waals surface area (Å²) < 4.78 is 1.85. The van der Waals surface area contributed by atoms with Gasteiger partial charge in [0.05, 0.1) is 17.6 Å². The first-order valence-electron chi connectivity index (χ1n) is 4.88. The van der Waals surface area contributed by atoms with Crippen LogP contribution in [0.3, 0.4) is 0 Å².